The third-order valence-corrected chi connectivity index (χ3v) is 3.35. The standard InChI is InChI=1S/C15H22N2O2/c1-3-16-12-8-7-11-17(15(12)18)13-9-5-6-10-14(13)19-4-2/h5-6,9-10,12,16H,3-4,7-8,11H2,1-2H3. The number of hydrogen-bond donors (Lipinski definition) is 1. The number of piperidine rings is 1. The third kappa shape index (κ3) is 3.07. The van der Waals surface area contributed by atoms with Crippen molar-refractivity contribution < 1.29 is 9.53 Å². The van der Waals surface area contributed by atoms with Crippen LogP contribution in [-0.4, -0.2) is 31.6 Å². The first-order valence-electron chi connectivity index (χ1n) is 7.04. The molecule has 2 rings (SSSR count). The number of carbonyl (C=O) groups is 1. The molecule has 1 atom stereocenters. The van der Waals surface area contributed by atoms with Gasteiger partial charge in [-0.1, -0.05) is 19.1 Å². The molecule has 1 heterocycles. The summed E-state index contributed by atoms with van der Waals surface area (Å²) in [5.74, 6) is 0.941. The van der Waals surface area contributed by atoms with Crippen LogP contribution < -0.4 is 15.0 Å². The molecule has 1 aliphatic heterocycles. The Labute approximate surface area is 114 Å². The van der Waals surface area contributed by atoms with Crippen LogP contribution in [0.3, 0.4) is 0 Å². The van der Waals surface area contributed by atoms with Crippen LogP contribution in [-0.2, 0) is 4.79 Å². The van der Waals surface area contributed by atoms with Gasteiger partial charge in [0.05, 0.1) is 18.3 Å². The van der Waals surface area contributed by atoms with Gasteiger partial charge in [-0.25, -0.2) is 0 Å². The van der Waals surface area contributed by atoms with Crippen molar-refractivity contribution in [1.82, 2.24) is 5.32 Å². The minimum atomic E-state index is -0.0616. The van der Waals surface area contributed by atoms with E-state index in [1.165, 1.54) is 0 Å². The van der Waals surface area contributed by atoms with E-state index in [9.17, 15) is 4.79 Å². The minimum absolute atomic E-state index is 0.0616. The van der Waals surface area contributed by atoms with E-state index in [-0.39, 0.29) is 11.9 Å². The van der Waals surface area contributed by atoms with E-state index in [2.05, 4.69) is 5.32 Å². The highest BCUT2D eigenvalue weighted by molar-refractivity contribution is 5.99. The van der Waals surface area contributed by atoms with Gasteiger partial charge < -0.3 is 15.0 Å². The normalized spacial score (nSPS) is 19.6. The molecule has 4 nitrogen and oxygen atoms in total. The summed E-state index contributed by atoms with van der Waals surface area (Å²) in [5.41, 5.74) is 0.886. The monoisotopic (exact) mass is 262 g/mol. The van der Waals surface area contributed by atoms with Gasteiger partial charge in [-0.15, -0.1) is 0 Å². The highest BCUT2D eigenvalue weighted by atomic mass is 16.5. The van der Waals surface area contributed by atoms with E-state index < -0.39 is 0 Å². The van der Waals surface area contributed by atoms with Crippen LogP contribution in [0.5, 0.6) is 5.75 Å². The molecule has 104 valence electrons. The Morgan fingerprint density at radius 2 is 2.16 bits per heavy atom. The summed E-state index contributed by atoms with van der Waals surface area (Å²) in [6.07, 6.45) is 1.93. The lowest BCUT2D eigenvalue weighted by Gasteiger charge is -2.33. The lowest BCUT2D eigenvalue weighted by molar-refractivity contribution is -0.121. The molecule has 1 N–H and O–H groups in total. The van der Waals surface area contributed by atoms with E-state index >= 15 is 0 Å². The molecule has 1 unspecified atom stereocenters. The van der Waals surface area contributed by atoms with Crippen molar-refractivity contribution in [2.75, 3.05) is 24.6 Å². The number of rotatable bonds is 5. The molecular formula is C15H22N2O2. The summed E-state index contributed by atoms with van der Waals surface area (Å²) in [7, 11) is 0. The number of nitrogens with one attached hydrogen (secondary N) is 1. The molecule has 0 radical (unpaired) electrons. The molecule has 1 fully saturated rings. The minimum Gasteiger partial charge on any atom is -0.492 e. The summed E-state index contributed by atoms with van der Waals surface area (Å²) in [4.78, 5) is 14.3. The summed E-state index contributed by atoms with van der Waals surface area (Å²) in [6.45, 7) is 6.18. The van der Waals surface area contributed by atoms with E-state index in [1.807, 2.05) is 43.0 Å². The van der Waals surface area contributed by atoms with Gasteiger partial charge in [0.2, 0.25) is 5.91 Å². The zero-order chi connectivity index (χ0) is 13.7. The molecular weight excluding hydrogens is 240 g/mol. The Kier molecular flexibility index (Phi) is 4.80. The lowest BCUT2D eigenvalue weighted by atomic mass is 10.0. The number of ether oxygens (including phenoxy) is 1. The van der Waals surface area contributed by atoms with Crippen molar-refractivity contribution in [3.63, 3.8) is 0 Å². The maximum absolute atomic E-state index is 12.5. The van der Waals surface area contributed by atoms with Crippen molar-refractivity contribution in [2.45, 2.75) is 32.7 Å². The fraction of sp³-hybridized carbons (Fsp3) is 0.533. The molecule has 19 heavy (non-hydrogen) atoms. The molecule has 1 aromatic rings. The second-order valence-electron chi connectivity index (χ2n) is 4.64. The van der Waals surface area contributed by atoms with Gasteiger partial charge in [-0.3, -0.25) is 4.79 Å². The number of amides is 1. The van der Waals surface area contributed by atoms with Gasteiger partial charge in [0.1, 0.15) is 5.75 Å². The Hall–Kier alpha value is -1.55. The molecule has 1 saturated heterocycles. The van der Waals surface area contributed by atoms with E-state index in [0.29, 0.717) is 6.61 Å². The molecule has 0 aliphatic carbocycles. The molecule has 1 amide bonds. The third-order valence-electron chi connectivity index (χ3n) is 3.35. The zero-order valence-corrected chi connectivity index (χ0v) is 11.7. The van der Waals surface area contributed by atoms with Gasteiger partial charge in [0.15, 0.2) is 0 Å². The highest BCUT2D eigenvalue weighted by Crippen LogP contribution is 2.30. The van der Waals surface area contributed by atoms with Crippen molar-refractivity contribution >= 4 is 11.6 Å². The van der Waals surface area contributed by atoms with Crippen LogP contribution in [0.4, 0.5) is 5.69 Å². The average molecular weight is 262 g/mol. The lowest BCUT2D eigenvalue weighted by Crippen LogP contribution is -2.50. The summed E-state index contributed by atoms with van der Waals surface area (Å²) in [5, 5.41) is 3.25. The number of anilines is 1. The van der Waals surface area contributed by atoms with Crippen LogP contribution in [0.1, 0.15) is 26.7 Å². The molecule has 1 aromatic carbocycles. The van der Waals surface area contributed by atoms with Crippen LogP contribution in [0.2, 0.25) is 0 Å². The SMILES string of the molecule is CCNC1CCCN(c2ccccc2OCC)C1=O. The Bertz CT molecular complexity index is 432. The number of hydrogen-bond acceptors (Lipinski definition) is 3. The van der Waals surface area contributed by atoms with Crippen LogP contribution in [0.15, 0.2) is 24.3 Å². The number of nitrogens with zero attached hydrogens (tertiary/aromatic N) is 1. The Morgan fingerprint density at radius 3 is 2.89 bits per heavy atom. The summed E-state index contributed by atoms with van der Waals surface area (Å²) < 4.78 is 5.62. The first-order chi connectivity index (χ1) is 9.27. The number of carbonyl (C=O) groups excluding carboxylic acids is 1. The Morgan fingerprint density at radius 1 is 1.37 bits per heavy atom. The molecule has 0 spiro atoms. The summed E-state index contributed by atoms with van der Waals surface area (Å²) >= 11 is 0. The Balaban J connectivity index is 2.22. The molecule has 0 saturated carbocycles. The second-order valence-corrected chi connectivity index (χ2v) is 4.64. The zero-order valence-electron chi connectivity index (χ0n) is 11.7. The van der Waals surface area contributed by atoms with Gasteiger partial charge in [0, 0.05) is 6.54 Å². The van der Waals surface area contributed by atoms with E-state index in [0.717, 1.165) is 37.4 Å². The fourth-order valence-electron chi connectivity index (χ4n) is 2.51. The van der Waals surface area contributed by atoms with Crippen molar-refractivity contribution in [2.24, 2.45) is 0 Å². The van der Waals surface area contributed by atoms with Crippen LogP contribution in [0.25, 0.3) is 0 Å². The molecule has 1 aliphatic rings. The smallest absolute Gasteiger partial charge is 0.244 e. The fourth-order valence-corrected chi connectivity index (χ4v) is 2.51. The maximum atomic E-state index is 12.5. The van der Waals surface area contributed by atoms with E-state index in [4.69, 9.17) is 4.74 Å². The van der Waals surface area contributed by atoms with Crippen molar-refractivity contribution in [3.8, 4) is 5.75 Å². The number of benzene rings is 1. The first-order valence-corrected chi connectivity index (χ1v) is 7.04. The van der Waals surface area contributed by atoms with Crippen LogP contribution in [0, 0.1) is 0 Å². The average Bonchev–Trinajstić information content (AvgIpc) is 2.43. The topological polar surface area (TPSA) is 41.6 Å². The maximum Gasteiger partial charge on any atom is 0.244 e. The van der Waals surface area contributed by atoms with Gasteiger partial charge in [-0.2, -0.15) is 0 Å². The van der Waals surface area contributed by atoms with Crippen molar-refractivity contribution in [3.05, 3.63) is 24.3 Å². The second kappa shape index (κ2) is 6.57. The number of para-hydroxylation sites is 2. The highest BCUT2D eigenvalue weighted by Gasteiger charge is 2.30. The summed E-state index contributed by atoms with van der Waals surface area (Å²) in [6, 6.07) is 7.70. The molecule has 0 bridgehead atoms. The quantitative estimate of drug-likeness (QED) is 0.884. The predicted molar refractivity (Wildman–Crippen MR) is 76.7 cm³/mol. The van der Waals surface area contributed by atoms with Gasteiger partial charge in [0.25, 0.3) is 0 Å². The van der Waals surface area contributed by atoms with Crippen LogP contribution >= 0.6 is 0 Å². The van der Waals surface area contributed by atoms with Gasteiger partial charge in [-0.05, 0) is 38.4 Å². The van der Waals surface area contributed by atoms with Crippen molar-refractivity contribution in [1.29, 1.82) is 0 Å². The van der Waals surface area contributed by atoms with Gasteiger partial charge >= 0.3 is 0 Å². The first kappa shape index (κ1) is 13.9. The molecule has 0 aromatic heterocycles. The van der Waals surface area contributed by atoms with E-state index in [1.54, 1.807) is 0 Å². The number of likely N-dealkylation sites (N-methyl/N-ethyl adjacent to an activating group) is 1. The largest absolute Gasteiger partial charge is 0.492 e. The molecule has 4 heteroatoms. The predicted octanol–water partition coefficient (Wildman–Crippen LogP) is 2.19.